The van der Waals surface area contributed by atoms with Gasteiger partial charge in [0.15, 0.2) is 11.5 Å². The molecule has 26 heavy (non-hydrogen) atoms. The van der Waals surface area contributed by atoms with Crippen molar-refractivity contribution in [3.8, 4) is 17.2 Å². The monoisotopic (exact) mass is 361 g/mol. The Labute approximate surface area is 154 Å². The molecular weight excluding hydrogens is 334 g/mol. The van der Waals surface area contributed by atoms with Crippen molar-refractivity contribution in [1.29, 1.82) is 0 Å². The highest BCUT2D eigenvalue weighted by Crippen LogP contribution is 2.47. The molecule has 1 saturated heterocycles. The quantitative estimate of drug-likeness (QED) is 0.897. The van der Waals surface area contributed by atoms with Gasteiger partial charge in [-0.3, -0.25) is 4.79 Å². The van der Waals surface area contributed by atoms with Crippen molar-refractivity contribution >= 4 is 5.91 Å². The van der Waals surface area contributed by atoms with E-state index >= 15 is 0 Å². The average Bonchev–Trinajstić information content (AvgIpc) is 2.98. The van der Waals surface area contributed by atoms with Crippen molar-refractivity contribution in [2.75, 3.05) is 20.3 Å². The van der Waals surface area contributed by atoms with Gasteiger partial charge in [0.2, 0.25) is 5.91 Å². The predicted molar refractivity (Wildman–Crippen MR) is 95.8 cm³/mol. The number of rotatable bonds is 3. The van der Waals surface area contributed by atoms with Gasteiger partial charge < -0.3 is 24.3 Å². The molecule has 2 aliphatic heterocycles. The summed E-state index contributed by atoms with van der Waals surface area (Å²) in [6.45, 7) is 2.87. The van der Waals surface area contributed by atoms with Gasteiger partial charge in [0.05, 0.1) is 32.5 Å². The van der Waals surface area contributed by atoms with Crippen LogP contribution in [0.4, 0.5) is 0 Å². The number of hydrogen-bond acceptors (Lipinski definition) is 5. The third-order valence-electron chi connectivity index (χ3n) is 5.66. The van der Waals surface area contributed by atoms with E-state index in [0.29, 0.717) is 19.1 Å². The molecule has 4 rings (SSSR count). The van der Waals surface area contributed by atoms with E-state index in [2.05, 4.69) is 5.32 Å². The van der Waals surface area contributed by atoms with E-state index in [1.165, 1.54) is 0 Å². The molecule has 1 aromatic carbocycles. The Morgan fingerprint density at radius 1 is 1.15 bits per heavy atom. The molecule has 1 aromatic rings. The normalized spacial score (nSPS) is 30.2. The first kappa shape index (κ1) is 17.5. The van der Waals surface area contributed by atoms with Crippen LogP contribution in [0.15, 0.2) is 12.1 Å². The molecule has 1 amide bonds. The zero-order valence-electron chi connectivity index (χ0n) is 15.5. The molecule has 2 heterocycles. The first-order valence-corrected chi connectivity index (χ1v) is 9.56. The van der Waals surface area contributed by atoms with Gasteiger partial charge in [0.1, 0.15) is 5.75 Å². The van der Waals surface area contributed by atoms with E-state index in [9.17, 15) is 4.79 Å². The lowest BCUT2D eigenvalue weighted by molar-refractivity contribution is -0.124. The molecule has 142 valence electrons. The van der Waals surface area contributed by atoms with Gasteiger partial charge in [-0.2, -0.15) is 0 Å². The molecule has 0 spiro atoms. The van der Waals surface area contributed by atoms with Crippen LogP contribution in [0.1, 0.15) is 50.7 Å². The van der Waals surface area contributed by atoms with E-state index in [1.54, 1.807) is 14.0 Å². The van der Waals surface area contributed by atoms with Gasteiger partial charge in [-0.05, 0) is 25.3 Å². The number of benzene rings is 1. The van der Waals surface area contributed by atoms with Crippen molar-refractivity contribution in [3.63, 3.8) is 0 Å². The Bertz CT molecular complexity index is 676. The second-order valence-corrected chi connectivity index (χ2v) is 7.39. The van der Waals surface area contributed by atoms with Crippen molar-refractivity contribution in [3.05, 3.63) is 17.7 Å². The highest BCUT2D eigenvalue weighted by atomic mass is 16.5. The van der Waals surface area contributed by atoms with E-state index in [-0.39, 0.29) is 24.2 Å². The van der Waals surface area contributed by atoms with Gasteiger partial charge in [0.25, 0.3) is 0 Å². The van der Waals surface area contributed by atoms with Crippen LogP contribution in [0.2, 0.25) is 0 Å². The predicted octanol–water partition coefficient (Wildman–Crippen LogP) is 2.99. The number of hydrogen-bond donors (Lipinski definition) is 1. The smallest absolute Gasteiger partial charge is 0.217 e. The average molecular weight is 361 g/mol. The van der Waals surface area contributed by atoms with Crippen LogP contribution in [0, 0.1) is 5.92 Å². The minimum absolute atomic E-state index is 0.0203. The van der Waals surface area contributed by atoms with E-state index in [1.807, 2.05) is 12.1 Å². The molecule has 6 nitrogen and oxygen atoms in total. The number of ether oxygens (including phenoxy) is 4. The lowest BCUT2D eigenvalue weighted by Crippen LogP contribution is -2.47. The molecule has 4 atom stereocenters. The minimum atomic E-state index is -0.127. The van der Waals surface area contributed by atoms with Crippen LogP contribution in [0.5, 0.6) is 17.2 Å². The van der Waals surface area contributed by atoms with Crippen LogP contribution in [-0.2, 0) is 9.53 Å². The summed E-state index contributed by atoms with van der Waals surface area (Å²) >= 11 is 0. The zero-order valence-corrected chi connectivity index (χ0v) is 15.5. The van der Waals surface area contributed by atoms with Crippen molar-refractivity contribution < 1.29 is 23.7 Å². The Morgan fingerprint density at radius 2 is 1.92 bits per heavy atom. The highest BCUT2D eigenvalue weighted by molar-refractivity contribution is 5.73. The summed E-state index contributed by atoms with van der Waals surface area (Å²) in [5.74, 6) is 2.63. The lowest BCUT2D eigenvalue weighted by Gasteiger charge is -2.39. The first-order chi connectivity index (χ1) is 12.7. The number of methoxy groups -OCH3 is 1. The summed E-state index contributed by atoms with van der Waals surface area (Å²) in [5, 5.41) is 3.15. The highest BCUT2D eigenvalue weighted by Gasteiger charge is 2.43. The number of amides is 1. The first-order valence-electron chi connectivity index (χ1n) is 9.56. The molecule has 1 N–H and O–H groups in total. The van der Waals surface area contributed by atoms with Crippen LogP contribution < -0.4 is 19.5 Å². The van der Waals surface area contributed by atoms with Gasteiger partial charge >= 0.3 is 0 Å². The Morgan fingerprint density at radius 3 is 2.65 bits per heavy atom. The van der Waals surface area contributed by atoms with Gasteiger partial charge in [0, 0.05) is 36.9 Å². The topological polar surface area (TPSA) is 66.0 Å². The third-order valence-corrected chi connectivity index (χ3v) is 5.66. The molecule has 3 aliphatic rings. The summed E-state index contributed by atoms with van der Waals surface area (Å²) in [7, 11) is 1.66. The summed E-state index contributed by atoms with van der Waals surface area (Å²) < 4.78 is 23.7. The fourth-order valence-electron chi connectivity index (χ4n) is 4.52. The van der Waals surface area contributed by atoms with E-state index < -0.39 is 0 Å². The zero-order chi connectivity index (χ0) is 18.1. The second kappa shape index (κ2) is 7.35. The molecule has 1 aliphatic carbocycles. The fraction of sp³-hybridized carbons (Fsp3) is 0.650. The molecule has 6 heteroatoms. The maximum atomic E-state index is 11.7. The number of carbonyl (C=O) groups excluding carboxylic acids is 1. The van der Waals surface area contributed by atoms with Crippen LogP contribution in [0.25, 0.3) is 0 Å². The van der Waals surface area contributed by atoms with Gasteiger partial charge in [-0.15, -0.1) is 0 Å². The minimum Gasteiger partial charge on any atom is -0.496 e. The van der Waals surface area contributed by atoms with Crippen molar-refractivity contribution in [2.24, 2.45) is 5.92 Å². The number of fused-ring (bicyclic) bond motifs is 2. The number of nitrogens with one attached hydrogen (secondary N) is 1. The van der Waals surface area contributed by atoms with Crippen LogP contribution in [0.3, 0.4) is 0 Å². The van der Waals surface area contributed by atoms with Crippen LogP contribution in [-0.4, -0.2) is 38.4 Å². The molecule has 0 bridgehead atoms. The standard InChI is InChI=1S/C20H27NO5/c1-12(22)21-15-10-18(26-16-6-3-5-13(15)16)14-9-19-20(11-17(14)23-2)25-8-4-7-24-19/h9,11,13,15-16,18H,3-8,10H2,1-2H3,(H,21,22)/t13-,15+,16+,18+/m0/s1. The van der Waals surface area contributed by atoms with Gasteiger partial charge in [-0.1, -0.05) is 6.42 Å². The van der Waals surface area contributed by atoms with E-state index in [0.717, 1.165) is 54.9 Å². The van der Waals surface area contributed by atoms with Crippen molar-refractivity contribution in [2.45, 2.75) is 57.3 Å². The third kappa shape index (κ3) is 3.34. The number of carbonyl (C=O) groups is 1. The molecule has 0 aromatic heterocycles. The largest absolute Gasteiger partial charge is 0.496 e. The summed E-state index contributed by atoms with van der Waals surface area (Å²) in [6.07, 6.45) is 4.97. The Kier molecular flexibility index (Phi) is 4.94. The fourth-order valence-corrected chi connectivity index (χ4v) is 4.52. The summed E-state index contributed by atoms with van der Waals surface area (Å²) in [6, 6.07) is 4.03. The molecule has 0 radical (unpaired) electrons. The summed E-state index contributed by atoms with van der Waals surface area (Å²) in [5.41, 5.74) is 0.970. The van der Waals surface area contributed by atoms with Gasteiger partial charge in [-0.25, -0.2) is 0 Å². The van der Waals surface area contributed by atoms with Crippen molar-refractivity contribution in [1.82, 2.24) is 5.32 Å². The van der Waals surface area contributed by atoms with E-state index in [4.69, 9.17) is 18.9 Å². The maximum absolute atomic E-state index is 11.7. The Hall–Kier alpha value is -1.95. The maximum Gasteiger partial charge on any atom is 0.217 e. The Balaban J connectivity index is 1.65. The van der Waals surface area contributed by atoms with Crippen LogP contribution >= 0.6 is 0 Å². The molecule has 0 unspecified atom stereocenters. The SMILES string of the molecule is COc1cc2c(cc1[C@H]1C[C@@H](NC(C)=O)[C@@H]3CCC[C@H]3O1)OCCCO2. The summed E-state index contributed by atoms with van der Waals surface area (Å²) in [4.78, 5) is 11.7. The second-order valence-electron chi connectivity index (χ2n) is 7.39. The molecule has 1 saturated carbocycles. The molecule has 2 fully saturated rings. The lowest BCUT2D eigenvalue weighted by atomic mass is 9.86. The molecular formula is C20H27NO5.